The van der Waals surface area contributed by atoms with Crippen molar-refractivity contribution in [1.82, 2.24) is 15.6 Å². The zero-order chi connectivity index (χ0) is 13.5. The van der Waals surface area contributed by atoms with Crippen molar-refractivity contribution >= 4 is 17.2 Å². The summed E-state index contributed by atoms with van der Waals surface area (Å²) in [5, 5.41) is 9.09. The van der Waals surface area contributed by atoms with Crippen LogP contribution in [0, 0.1) is 6.92 Å². The molecule has 19 heavy (non-hydrogen) atoms. The minimum absolute atomic E-state index is 0.0294. The highest BCUT2D eigenvalue weighted by molar-refractivity contribution is 7.09. The molecule has 1 saturated heterocycles. The summed E-state index contributed by atoms with van der Waals surface area (Å²) >= 11 is 1.57. The third kappa shape index (κ3) is 5.26. The summed E-state index contributed by atoms with van der Waals surface area (Å²) in [6, 6.07) is 0. The van der Waals surface area contributed by atoms with Crippen molar-refractivity contribution in [2.75, 3.05) is 19.7 Å². The van der Waals surface area contributed by atoms with Gasteiger partial charge in [-0.15, -0.1) is 11.3 Å². The Labute approximate surface area is 117 Å². The van der Waals surface area contributed by atoms with Gasteiger partial charge in [0, 0.05) is 17.5 Å². The van der Waals surface area contributed by atoms with E-state index >= 15 is 0 Å². The van der Waals surface area contributed by atoms with Crippen LogP contribution in [-0.2, 0) is 16.1 Å². The smallest absolute Gasteiger partial charge is 0.222 e. The first kappa shape index (κ1) is 14.4. The molecule has 0 aromatic carbocycles. The summed E-state index contributed by atoms with van der Waals surface area (Å²) in [5.74, 6) is 0.0294. The van der Waals surface area contributed by atoms with Gasteiger partial charge >= 0.3 is 0 Å². The van der Waals surface area contributed by atoms with Gasteiger partial charge in [0.15, 0.2) is 0 Å². The Bertz CT molecular complexity index is 402. The van der Waals surface area contributed by atoms with Gasteiger partial charge in [-0.25, -0.2) is 4.98 Å². The number of nitrogens with zero attached hydrogens (tertiary/aromatic N) is 1. The van der Waals surface area contributed by atoms with Crippen molar-refractivity contribution in [3.05, 3.63) is 16.1 Å². The van der Waals surface area contributed by atoms with Crippen LogP contribution >= 0.6 is 11.3 Å². The Morgan fingerprint density at radius 1 is 1.58 bits per heavy atom. The van der Waals surface area contributed by atoms with Gasteiger partial charge in [0.2, 0.25) is 5.91 Å². The number of piperidine rings is 1. The van der Waals surface area contributed by atoms with Gasteiger partial charge in [0.1, 0.15) is 5.01 Å². The van der Waals surface area contributed by atoms with Gasteiger partial charge in [-0.05, 0) is 32.9 Å². The number of nitrogens with one attached hydrogen (secondary N) is 2. The monoisotopic (exact) mass is 283 g/mol. The predicted octanol–water partition coefficient (Wildman–Crippen LogP) is 1.23. The van der Waals surface area contributed by atoms with Crippen LogP contribution in [0.2, 0.25) is 0 Å². The molecule has 0 atom stereocenters. The molecule has 106 valence electrons. The topological polar surface area (TPSA) is 63.2 Å². The van der Waals surface area contributed by atoms with E-state index in [1.54, 1.807) is 11.3 Å². The van der Waals surface area contributed by atoms with Crippen LogP contribution in [-0.4, -0.2) is 36.7 Å². The number of rotatable bonds is 6. The van der Waals surface area contributed by atoms with E-state index < -0.39 is 0 Å². The fraction of sp³-hybridized carbons (Fsp3) is 0.692. The predicted molar refractivity (Wildman–Crippen MR) is 75.2 cm³/mol. The molecule has 1 aromatic rings. The quantitative estimate of drug-likeness (QED) is 0.824. The van der Waals surface area contributed by atoms with Crippen molar-refractivity contribution in [1.29, 1.82) is 0 Å². The van der Waals surface area contributed by atoms with E-state index in [1.165, 1.54) is 0 Å². The lowest BCUT2D eigenvalue weighted by Crippen LogP contribution is -2.33. The third-order valence-corrected chi connectivity index (χ3v) is 4.04. The van der Waals surface area contributed by atoms with E-state index in [-0.39, 0.29) is 5.91 Å². The normalized spacial score (nSPS) is 16.5. The van der Waals surface area contributed by atoms with E-state index in [4.69, 9.17) is 4.74 Å². The van der Waals surface area contributed by atoms with Crippen molar-refractivity contribution in [3.63, 3.8) is 0 Å². The summed E-state index contributed by atoms with van der Waals surface area (Å²) in [4.78, 5) is 15.9. The Kier molecular flexibility index (Phi) is 5.75. The lowest BCUT2D eigenvalue weighted by atomic mass is 10.1. The summed E-state index contributed by atoms with van der Waals surface area (Å²) in [7, 11) is 0. The van der Waals surface area contributed by atoms with E-state index in [9.17, 15) is 4.79 Å². The summed E-state index contributed by atoms with van der Waals surface area (Å²) in [5.41, 5.74) is 1.00. The molecule has 1 aliphatic heterocycles. The summed E-state index contributed by atoms with van der Waals surface area (Å²) in [6.45, 7) is 5.01. The third-order valence-electron chi connectivity index (χ3n) is 3.07. The molecule has 0 bridgehead atoms. The van der Waals surface area contributed by atoms with E-state index in [0.717, 1.165) is 36.6 Å². The highest BCUT2D eigenvalue weighted by Gasteiger charge is 2.13. The molecule has 0 aliphatic carbocycles. The summed E-state index contributed by atoms with van der Waals surface area (Å²) < 4.78 is 5.70. The molecule has 2 rings (SSSR count). The Balaban J connectivity index is 1.56. The first-order chi connectivity index (χ1) is 9.24. The van der Waals surface area contributed by atoms with Gasteiger partial charge in [0.25, 0.3) is 0 Å². The molecule has 1 aromatic heterocycles. The minimum Gasteiger partial charge on any atom is -0.378 e. The molecule has 0 spiro atoms. The second-order valence-corrected chi connectivity index (χ2v) is 5.67. The van der Waals surface area contributed by atoms with Gasteiger partial charge in [0.05, 0.1) is 19.3 Å². The largest absolute Gasteiger partial charge is 0.378 e. The highest BCUT2D eigenvalue weighted by Crippen LogP contribution is 2.09. The number of aromatic nitrogens is 1. The molecule has 2 N–H and O–H groups in total. The number of carbonyl (C=O) groups excluding carboxylic acids is 1. The Hall–Kier alpha value is -0.980. The molecule has 0 unspecified atom stereocenters. The second kappa shape index (κ2) is 7.57. The van der Waals surface area contributed by atoms with Crippen molar-refractivity contribution in [2.45, 2.75) is 38.8 Å². The van der Waals surface area contributed by atoms with Crippen LogP contribution in [0.3, 0.4) is 0 Å². The average molecular weight is 283 g/mol. The fourth-order valence-corrected chi connectivity index (χ4v) is 2.74. The van der Waals surface area contributed by atoms with Crippen LogP contribution in [0.1, 0.15) is 30.0 Å². The Morgan fingerprint density at radius 3 is 3.05 bits per heavy atom. The van der Waals surface area contributed by atoms with Crippen molar-refractivity contribution in [3.8, 4) is 0 Å². The SMILES string of the molecule is Cc1csc(CNC(=O)CCOC2CCNCC2)n1. The van der Waals surface area contributed by atoms with E-state index in [0.29, 0.717) is 25.7 Å². The molecule has 0 radical (unpaired) electrons. The number of ether oxygens (including phenoxy) is 1. The molecule has 2 heterocycles. The lowest BCUT2D eigenvalue weighted by molar-refractivity contribution is -0.122. The first-order valence-electron chi connectivity index (χ1n) is 6.74. The van der Waals surface area contributed by atoms with Crippen LogP contribution < -0.4 is 10.6 Å². The molecule has 5 nitrogen and oxygen atoms in total. The molecule has 1 fully saturated rings. The summed E-state index contributed by atoms with van der Waals surface area (Å²) in [6.07, 6.45) is 2.82. The molecule has 1 aliphatic rings. The van der Waals surface area contributed by atoms with Crippen molar-refractivity contribution in [2.24, 2.45) is 0 Å². The zero-order valence-corrected chi connectivity index (χ0v) is 12.1. The maximum atomic E-state index is 11.6. The van der Waals surface area contributed by atoms with Crippen molar-refractivity contribution < 1.29 is 9.53 Å². The number of amides is 1. The number of hydrogen-bond donors (Lipinski definition) is 2. The number of carbonyl (C=O) groups is 1. The maximum Gasteiger partial charge on any atom is 0.222 e. The molecule has 6 heteroatoms. The average Bonchev–Trinajstić information content (AvgIpc) is 2.83. The van der Waals surface area contributed by atoms with Gasteiger partial charge in [-0.1, -0.05) is 0 Å². The van der Waals surface area contributed by atoms with Crippen LogP contribution in [0.25, 0.3) is 0 Å². The molecule has 1 amide bonds. The number of aryl methyl sites for hydroxylation is 1. The minimum atomic E-state index is 0.0294. The second-order valence-electron chi connectivity index (χ2n) is 4.73. The first-order valence-corrected chi connectivity index (χ1v) is 7.62. The highest BCUT2D eigenvalue weighted by atomic mass is 32.1. The number of hydrogen-bond acceptors (Lipinski definition) is 5. The zero-order valence-electron chi connectivity index (χ0n) is 11.3. The van der Waals surface area contributed by atoms with E-state index in [2.05, 4.69) is 15.6 Å². The van der Waals surface area contributed by atoms with Gasteiger partial charge < -0.3 is 15.4 Å². The van der Waals surface area contributed by atoms with Crippen LogP contribution in [0.4, 0.5) is 0 Å². The molecular formula is C13H21N3O2S. The number of thiazole rings is 1. The Morgan fingerprint density at radius 2 is 2.37 bits per heavy atom. The molecular weight excluding hydrogens is 262 g/mol. The lowest BCUT2D eigenvalue weighted by Gasteiger charge is -2.22. The van der Waals surface area contributed by atoms with Crippen LogP contribution in [0.5, 0.6) is 0 Å². The van der Waals surface area contributed by atoms with Gasteiger partial charge in [-0.2, -0.15) is 0 Å². The maximum absolute atomic E-state index is 11.6. The van der Waals surface area contributed by atoms with Crippen LogP contribution in [0.15, 0.2) is 5.38 Å². The van der Waals surface area contributed by atoms with E-state index in [1.807, 2.05) is 12.3 Å². The fourth-order valence-electron chi connectivity index (χ4n) is 2.03. The standard InChI is InChI=1S/C13H21N3O2S/c1-10-9-19-13(16-10)8-15-12(17)4-7-18-11-2-5-14-6-3-11/h9,11,14H,2-8H2,1H3,(H,15,17). The molecule has 0 saturated carbocycles. The van der Waals surface area contributed by atoms with Gasteiger partial charge in [-0.3, -0.25) is 4.79 Å².